The molecule has 1 N–H and O–H groups in total. The zero-order valence-corrected chi connectivity index (χ0v) is 13.1. The van der Waals surface area contributed by atoms with Gasteiger partial charge in [0.15, 0.2) is 0 Å². The Hall–Kier alpha value is -2.10. The Bertz CT molecular complexity index is 653. The maximum absolute atomic E-state index is 12.1. The van der Waals surface area contributed by atoms with Crippen LogP contribution in [0, 0.1) is 0 Å². The molecule has 0 aliphatic heterocycles. The molecule has 116 valence electrons. The fourth-order valence-corrected chi connectivity index (χ4v) is 3.01. The summed E-state index contributed by atoms with van der Waals surface area (Å²) in [5, 5.41) is 3.11. The van der Waals surface area contributed by atoms with E-state index < -0.39 is 0 Å². The topological polar surface area (TPSA) is 46.4 Å². The van der Waals surface area contributed by atoms with Crippen LogP contribution in [0.2, 0.25) is 0 Å². The number of fused-ring (bicyclic) bond motifs is 1. The molecule has 1 aliphatic rings. The monoisotopic (exact) mass is 297 g/mol. The molecular weight excluding hydrogens is 274 g/mol. The van der Waals surface area contributed by atoms with Gasteiger partial charge in [0.25, 0.3) is 0 Å². The molecule has 0 unspecified atom stereocenters. The molecule has 0 fully saturated rings. The Kier molecular flexibility index (Phi) is 4.56. The van der Waals surface area contributed by atoms with Crippen molar-refractivity contribution in [1.29, 1.82) is 0 Å². The molecule has 0 spiro atoms. The van der Waals surface area contributed by atoms with Crippen LogP contribution in [0.4, 0.5) is 0 Å². The van der Waals surface area contributed by atoms with E-state index in [0.717, 1.165) is 24.2 Å². The number of nitrogens with zero attached hydrogens (tertiary/aromatic N) is 2. The number of imidazole rings is 1. The number of hydrogen-bond acceptors (Lipinski definition) is 2. The molecular formula is C18H23N3O. The van der Waals surface area contributed by atoms with Crippen LogP contribution < -0.4 is 5.32 Å². The third-order valence-electron chi connectivity index (χ3n) is 4.28. The number of allylic oxidation sites excluding steroid dienone is 1. The molecule has 2 heterocycles. The summed E-state index contributed by atoms with van der Waals surface area (Å²) >= 11 is 0. The third-order valence-corrected chi connectivity index (χ3v) is 4.28. The summed E-state index contributed by atoms with van der Waals surface area (Å²) in [6.45, 7) is 2.08. The number of amides is 1. The first-order chi connectivity index (χ1) is 10.7. The summed E-state index contributed by atoms with van der Waals surface area (Å²) in [7, 11) is 0. The molecule has 22 heavy (non-hydrogen) atoms. The van der Waals surface area contributed by atoms with Crippen LogP contribution in [-0.4, -0.2) is 21.3 Å². The summed E-state index contributed by atoms with van der Waals surface area (Å²) in [6.07, 6.45) is 12.2. The van der Waals surface area contributed by atoms with Gasteiger partial charge in [0, 0.05) is 24.9 Å². The number of rotatable bonds is 5. The van der Waals surface area contributed by atoms with E-state index in [-0.39, 0.29) is 11.9 Å². The van der Waals surface area contributed by atoms with E-state index in [9.17, 15) is 4.79 Å². The van der Waals surface area contributed by atoms with Crippen molar-refractivity contribution in [3.8, 4) is 0 Å². The zero-order valence-electron chi connectivity index (χ0n) is 13.1. The van der Waals surface area contributed by atoms with Gasteiger partial charge in [0.05, 0.1) is 5.69 Å². The highest BCUT2D eigenvalue weighted by Gasteiger charge is 2.14. The lowest BCUT2D eigenvalue weighted by atomic mass is 9.94. The highest BCUT2D eigenvalue weighted by Crippen LogP contribution is 2.20. The number of carbonyl (C=O) groups excluding carboxylic acids is 1. The minimum absolute atomic E-state index is 0.107. The van der Waals surface area contributed by atoms with Crippen LogP contribution in [0.3, 0.4) is 0 Å². The van der Waals surface area contributed by atoms with Crippen molar-refractivity contribution < 1.29 is 4.79 Å². The first kappa shape index (κ1) is 14.8. The largest absolute Gasteiger partial charge is 0.350 e. The molecule has 1 aliphatic carbocycles. The van der Waals surface area contributed by atoms with Gasteiger partial charge < -0.3 is 9.72 Å². The molecule has 0 saturated carbocycles. The van der Waals surface area contributed by atoms with Crippen molar-refractivity contribution in [3.05, 3.63) is 47.9 Å². The average Bonchev–Trinajstić information content (AvgIpc) is 2.96. The Morgan fingerprint density at radius 2 is 2.32 bits per heavy atom. The van der Waals surface area contributed by atoms with Crippen molar-refractivity contribution in [2.45, 2.75) is 51.5 Å². The molecule has 0 radical (unpaired) electrons. The maximum Gasteiger partial charge on any atom is 0.220 e. The standard InChI is InChI=1S/C18H23N3O/c1-14(15-7-3-2-4-8-15)19-18(22)11-10-16-13-21-12-6-5-9-17(21)20-16/h5-7,9,12-14H,2-4,8,10-11H2,1H3,(H,19,22)/t14-/m0/s1. The maximum atomic E-state index is 12.1. The van der Waals surface area contributed by atoms with Crippen molar-refractivity contribution in [2.24, 2.45) is 0 Å². The Labute approximate surface area is 131 Å². The molecule has 4 heteroatoms. The van der Waals surface area contributed by atoms with E-state index in [1.54, 1.807) is 0 Å². The first-order valence-electron chi connectivity index (χ1n) is 8.13. The number of hydrogen-bond donors (Lipinski definition) is 1. The number of aryl methyl sites for hydroxylation is 1. The smallest absolute Gasteiger partial charge is 0.220 e. The lowest BCUT2D eigenvalue weighted by Gasteiger charge is -2.20. The third kappa shape index (κ3) is 3.56. The van der Waals surface area contributed by atoms with Crippen LogP contribution in [0.15, 0.2) is 42.2 Å². The van der Waals surface area contributed by atoms with Crippen LogP contribution in [0.5, 0.6) is 0 Å². The lowest BCUT2D eigenvalue weighted by Crippen LogP contribution is -2.34. The molecule has 0 bridgehead atoms. The Morgan fingerprint density at radius 3 is 3.09 bits per heavy atom. The van der Waals surface area contributed by atoms with Gasteiger partial charge in [-0.15, -0.1) is 0 Å². The van der Waals surface area contributed by atoms with Crippen LogP contribution in [0.1, 0.15) is 44.7 Å². The number of nitrogens with one attached hydrogen (secondary N) is 1. The van der Waals surface area contributed by atoms with Gasteiger partial charge in [-0.25, -0.2) is 4.98 Å². The van der Waals surface area contributed by atoms with Gasteiger partial charge in [0.1, 0.15) is 5.65 Å². The first-order valence-corrected chi connectivity index (χ1v) is 8.13. The van der Waals surface area contributed by atoms with Crippen LogP contribution >= 0.6 is 0 Å². The molecule has 3 rings (SSSR count). The fraction of sp³-hybridized carbons (Fsp3) is 0.444. The fourth-order valence-electron chi connectivity index (χ4n) is 3.01. The quantitative estimate of drug-likeness (QED) is 0.861. The van der Waals surface area contributed by atoms with E-state index in [1.165, 1.54) is 18.4 Å². The van der Waals surface area contributed by atoms with Gasteiger partial charge >= 0.3 is 0 Å². The van der Waals surface area contributed by atoms with Gasteiger partial charge in [-0.2, -0.15) is 0 Å². The second kappa shape index (κ2) is 6.77. The Morgan fingerprint density at radius 1 is 1.41 bits per heavy atom. The normalized spacial score (nSPS) is 16.3. The van der Waals surface area contributed by atoms with Crippen molar-refractivity contribution in [3.63, 3.8) is 0 Å². The summed E-state index contributed by atoms with van der Waals surface area (Å²) < 4.78 is 1.99. The second-order valence-corrected chi connectivity index (χ2v) is 6.01. The molecule has 4 nitrogen and oxygen atoms in total. The minimum atomic E-state index is 0.107. The Balaban J connectivity index is 1.52. The predicted molar refractivity (Wildman–Crippen MR) is 87.7 cm³/mol. The lowest BCUT2D eigenvalue weighted by molar-refractivity contribution is -0.121. The zero-order chi connectivity index (χ0) is 15.4. The van der Waals surface area contributed by atoms with Gasteiger partial charge in [-0.05, 0) is 51.2 Å². The van der Waals surface area contributed by atoms with Crippen LogP contribution in [0.25, 0.3) is 5.65 Å². The molecule has 0 saturated heterocycles. The van der Waals surface area contributed by atoms with E-state index in [0.29, 0.717) is 12.8 Å². The number of pyridine rings is 1. The van der Waals surface area contributed by atoms with Gasteiger partial charge in [-0.3, -0.25) is 4.79 Å². The SMILES string of the molecule is C[C@H](NC(=O)CCc1cn2ccccc2n1)C1=CCCCC1. The van der Waals surface area contributed by atoms with Crippen molar-refractivity contribution >= 4 is 11.6 Å². The molecule has 1 atom stereocenters. The van der Waals surface area contributed by atoms with Crippen LogP contribution in [-0.2, 0) is 11.2 Å². The average molecular weight is 297 g/mol. The predicted octanol–water partition coefficient (Wildman–Crippen LogP) is 3.27. The van der Waals surface area contributed by atoms with E-state index in [2.05, 4.69) is 23.3 Å². The highest BCUT2D eigenvalue weighted by molar-refractivity contribution is 5.76. The number of carbonyl (C=O) groups is 1. The molecule has 1 amide bonds. The van der Waals surface area contributed by atoms with E-state index in [4.69, 9.17) is 0 Å². The summed E-state index contributed by atoms with van der Waals surface area (Å²) in [6, 6.07) is 6.08. The highest BCUT2D eigenvalue weighted by atomic mass is 16.1. The van der Waals surface area contributed by atoms with E-state index in [1.807, 2.05) is 35.0 Å². The van der Waals surface area contributed by atoms with Crippen molar-refractivity contribution in [1.82, 2.24) is 14.7 Å². The minimum Gasteiger partial charge on any atom is -0.350 e. The van der Waals surface area contributed by atoms with E-state index >= 15 is 0 Å². The summed E-state index contributed by atoms with van der Waals surface area (Å²) in [5.74, 6) is 0.107. The summed E-state index contributed by atoms with van der Waals surface area (Å²) in [4.78, 5) is 16.6. The number of aromatic nitrogens is 2. The molecule has 2 aromatic rings. The second-order valence-electron chi connectivity index (χ2n) is 6.01. The summed E-state index contributed by atoms with van der Waals surface area (Å²) in [5.41, 5.74) is 3.27. The molecule has 0 aromatic carbocycles. The van der Waals surface area contributed by atoms with Gasteiger partial charge in [-0.1, -0.05) is 17.7 Å². The van der Waals surface area contributed by atoms with Gasteiger partial charge in [0.2, 0.25) is 5.91 Å². The van der Waals surface area contributed by atoms with Crippen molar-refractivity contribution in [2.75, 3.05) is 0 Å². The molecule has 2 aromatic heterocycles.